The number of aromatic carboxylic acids is 1. The van der Waals surface area contributed by atoms with Crippen molar-refractivity contribution in [3.8, 4) is 0 Å². The number of aliphatic hydroxyl groups is 2. The Labute approximate surface area is 91.2 Å². The number of aliphatic hydroxyl groups excluding tert-OH is 2. The number of benzene rings is 1. The molecular weight excluding hydrogens is 217 g/mol. The number of carboxylic acids is 1. The first-order chi connectivity index (χ1) is 7.60. The number of para-hydroxylation sites is 1. The molecule has 1 rings (SSSR count). The van der Waals surface area contributed by atoms with Crippen LogP contribution in [0.5, 0.6) is 0 Å². The van der Waals surface area contributed by atoms with Gasteiger partial charge >= 0.3 is 5.97 Å². The number of halogens is 1. The summed E-state index contributed by atoms with van der Waals surface area (Å²) < 4.78 is 13.4. The SMILES string of the molecule is O=C(O)c1cccc(F)c1NC(CO)CO. The van der Waals surface area contributed by atoms with Crippen molar-refractivity contribution in [3.63, 3.8) is 0 Å². The Morgan fingerprint density at radius 3 is 2.50 bits per heavy atom. The molecule has 0 spiro atoms. The monoisotopic (exact) mass is 229 g/mol. The molecule has 1 aromatic rings. The summed E-state index contributed by atoms with van der Waals surface area (Å²) in [6.45, 7) is -0.853. The van der Waals surface area contributed by atoms with Crippen LogP contribution in [0.3, 0.4) is 0 Å². The predicted octanol–water partition coefficient (Wildman–Crippen LogP) is 0.289. The maximum atomic E-state index is 13.4. The van der Waals surface area contributed by atoms with Gasteiger partial charge < -0.3 is 20.6 Å². The molecule has 0 saturated heterocycles. The van der Waals surface area contributed by atoms with Crippen molar-refractivity contribution < 1.29 is 24.5 Å². The van der Waals surface area contributed by atoms with Crippen LogP contribution in [0.1, 0.15) is 10.4 Å². The minimum absolute atomic E-state index is 0.233. The van der Waals surface area contributed by atoms with Gasteiger partial charge in [0.25, 0.3) is 0 Å². The van der Waals surface area contributed by atoms with E-state index < -0.39 is 31.0 Å². The van der Waals surface area contributed by atoms with Crippen molar-refractivity contribution >= 4 is 11.7 Å². The number of rotatable bonds is 5. The molecular formula is C10H12FNO4. The number of hydrogen-bond donors (Lipinski definition) is 4. The molecule has 0 unspecified atom stereocenters. The van der Waals surface area contributed by atoms with Gasteiger partial charge in [0.1, 0.15) is 5.82 Å². The van der Waals surface area contributed by atoms with E-state index >= 15 is 0 Å². The van der Waals surface area contributed by atoms with E-state index in [1.165, 1.54) is 12.1 Å². The zero-order chi connectivity index (χ0) is 12.1. The molecule has 0 fully saturated rings. The first kappa shape index (κ1) is 12.4. The van der Waals surface area contributed by atoms with E-state index in [9.17, 15) is 9.18 Å². The summed E-state index contributed by atoms with van der Waals surface area (Å²) in [5.41, 5.74) is -0.477. The Balaban J connectivity index is 3.05. The highest BCUT2D eigenvalue weighted by molar-refractivity contribution is 5.94. The zero-order valence-electron chi connectivity index (χ0n) is 8.35. The van der Waals surface area contributed by atoms with E-state index in [2.05, 4.69) is 5.32 Å². The normalized spacial score (nSPS) is 10.5. The standard InChI is InChI=1S/C10H12FNO4/c11-8-3-1-2-7(10(15)16)9(8)12-6(4-13)5-14/h1-3,6,12-14H,4-5H2,(H,15,16). The van der Waals surface area contributed by atoms with E-state index in [1.807, 2.05) is 0 Å². The summed E-state index contributed by atoms with van der Waals surface area (Å²) in [5.74, 6) is -2.02. The number of anilines is 1. The van der Waals surface area contributed by atoms with Crippen molar-refractivity contribution in [3.05, 3.63) is 29.6 Å². The summed E-state index contributed by atoms with van der Waals surface area (Å²) in [6.07, 6.45) is 0. The lowest BCUT2D eigenvalue weighted by molar-refractivity contribution is 0.0697. The molecule has 0 atom stereocenters. The molecule has 16 heavy (non-hydrogen) atoms. The molecule has 0 amide bonds. The van der Waals surface area contributed by atoms with E-state index in [1.54, 1.807) is 0 Å². The van der Waals surface area contributed by atoms with Crippen LogP contribution < -0.4 is 5.32 Å². The predicted molar refractivity (Wildman–Crippen MR) is 54.9 cm³/mol. The number of nitrogens with one attached hydrogen (secondary N) is 1. The summed E-state index contributed by atoms with van der Waals surface area (Å²) in [6, 6.07) is 2.81. The molecule has 5 nitrogen and oxygen atoms in total. The van der Waals surface area contributed by atoms with E-state index in [0.717, 1.165) is 6.07 Å². The second kappa shape index (κ2) is 5.43. The highest BCUT2D eigenvalue weighted by atomic mass is 19.1. The lowest BCUT2D eigenvalue weighted by atomic mass is 10.1. The van der Waals surface area contributed by atoms with Gasteiger partial charge in [0.15, 0.2) is 0 Å². The molecule has 0 aliphatic rings. The van der Waals surface area contributed by atoms with Crippen LogP contribution in [0.4, 0.5) is 10.1 Å². The fraction of sp³-hybridized carbons (Fsp3) is 0.300. The van der Waals surface area contributed by atoms with Crippen molar-refractivity contribution in [2.45, 2.75) is 6.04 Å². The van der Waals surface area contributed by atoms with Gasteiger partial charge in [-0.15, -0.1) is 0 Å². The molecule has 0 bridgehead atoms. The molecule has 1 aromatic carbocycles. The minimum Gasteiger partial charge on any atom is -0.478 e. The van der Waals surface area contributed by atoms with Crippen LogP contribution in [-0.2, 0) is 0 Å². The number of hydrogen-bond acceptors (Lipinski definition) is 4. The second-order valence-electron chi connectivity index (χ2n) is 3.17. The van der Waals surface area contributed by atoms with Gasteiger partial charge in [0, 0.05) is 0 Å². The highest BCUT2D eigenvalue weighted by Gasteiger charge is 2.16. The Hall–Kier alpha value is -1.66. The van der Waals surface area contributed by atoms with Crippen LogP contribution in [0, 0.1) is 5.82 Å². The topological polar surface area (TPSA) is 89.8 Å². The van der Waals surface area contributed by atoms with E-state index in [-0.39, 0.29) is 11.3 Å². The lowest BCUT2D eigenvalue weighted by Gasteiger charge is -2.16. The van der Waals surface area contributed by atoms with Crippen LogP contribution in [0.25, 0.3) is 0 Å². The summed E-state index contributed by atoms with van der Waals surface area (Å²) in [5, 5.41) is 28.9. The van der Waals surface area contributed by atoms with Gasteiger partial charge in [-0.1, -0.05) is 6.07 Å². The Morgan fingerprint density at radius 2 is 2.00 bits per heavy atom. The zero-order valence-corrected chi connectivity index (χ0v) is 8.35. The first-order valence-electron chi connectivity index (χ1n) is 4.60. The summed E-state index contributed by atoms with van der Waals surface area (Å²) >= 11 is 0. The quantitative estimate of drug-likeness (QED) is 0.582. The third-order valence-electron chi connectivity index (χ3n) is 2.03. The molecule has 4 N–H and O–H groups in total. The van der Waals surface area contributed by atoms with Crippen molar-refractivity contribution in [2.24, 2.45) is 0 Å². The third kappa shape index (κ3) is 2.68. The Bertz CT molecular complexity index is 379. The van der Waals surface area contributed by atoms with Gasteiger partial charge in [-0.2, -0.15) is 0 Å². The smallest absolute Gasteiger partial charge is 0.337 e. The lowest BCUT2D eigenvalue weighted by Crippen LogP contribution is -2.29. The Morgan fingerprint density at radius 1 is 1.38 bits per heavy atom. The van der Waals surface area contributed by atoms with E-state index in [0.29, 0.717) is 0 Å². The van der Waals surface area contributed by atoms with Crippen LogP contribution in [-0.4, -0.2) is 40.5 Å². The van der Waals surface area contributed by atoms with Gasteiger partial charge in [-0.05, 0) is 12.1 Å². The average Bonchev–Trinajstić information content (AvgIpc) is 2.27. The molecule has 0 heterocycles. The maximum Gasteiger partial charge on any atom is 0.337 e. The fourth-order valence-corrected chi connectivity index (χ4v) is 1.20. The average molecular weight is 229 g/mol. The maximum absolute atomic E-state index is 13.4. The van der Waals surface area contributed by atoms with E-state index in [4.69, 9.17) is 15.3 Å². The molecule has 0 aliphatic carbocycles. The largest absolute Gasteiger partial charge is 0.478 e. The molecule has 0 aromatic heterocycles. The van der Waals surface area contributed by atoms with Crippen molar-refractivity contribution in [2.75, 3.05) is 18.5 Å². The van der Waals surface area contributed by atoms with Gasteiger partial charge in [0.05, 0.1) is 30.5 Å². The fourth-order valence-electron chi connectivity index (χ4n) is 1.20. The highest BCUT2D eigenvalue weighted by Crippen LogP contribution is 2.20. The molecule has 0 radical (unpaired) electrons. The van der Waals surface area contributed by atoms with Gasteiger partial charge in [0.2, 0.25) is 0 Å². The van der Waals surface area contributed by atoms with Gasteiger partial charge in [-0.3, -0.25) is 0 Å². The number of carbonyl (C=O) groups is 1. The molecule has 88 valence electrons. The van der Waals surface area contributed by atoms with Crippen molar-refractivity contribution in [1.29, 1.82) is 0 Å². The van der Waals surface area contributed by atoms with Crippen molar-refractivity contribution in [1.82, 2.24) is 0 Å². The van der Waals surface area contributed by atoms with Gasteiger partial charge in [-0.25, -0.2) is 9.18 Å². The van der Waals surface area contributed by atoms with Crippen LogP contribution in [0.2, 0.25) is 0 Å². The molecule has 0 aliphatic heterocycles. The Kier molecular flexibility index (Phi) is 4.21. The summed E-state index contributed by atoms with van der Waals surface area (Å²) in [4.78, 5) is 10.8. The number of carboxylic acid groups (broad SMARTS) is 1. The second-order valence-corrected chi connectivity index (χ2v) is 3.17. The first-order valence-corrected chi connectivity index (χ1v) is 4.60. The molecule has 6 heteroatoms. The molecule has 0 saturated carbocycles. The summed E-state index contributed by atoms with van der Waals surface area (Å²) in [7, 11) is 0. The van der Waals surface area contributed by atoms with Crippen LogP contribution >= 0.6 is 0 Å². The third-order valence-corrected chi connectivity index (χ3v) is 2.03. The van der Waals surface area contributed by atoms with Crippen LogP contribution in [0.15, 0.2) is 18.2 Å². The minimum atomic E-state index is -1.28.